The van der Waals surface area contributed by atoms with Crippen molar-refractivity contribution >= 4 is 35.0 Å². The van der Waals surface area contributed by atoms with Crippen LogP contribution >= 0.6 is 11.6 Å². The van der Waals surface area contributed by atoms with Gasteiger partial charge in [-0.2, -0.15) is 0 Å². The van der Waals surface area contributed by atoms with Gasteiger partial charge in [0, 0.05) is 60.2 Å². The van der Waals surface area contributed by atoms with E-state index in [1.165, 1.54) is 0 Å². The lowest BCUT2D eigenvalue weighted by atomic mass is 9.99. The number of pyridine rings is 2. The maximum Gasteiger partial charge on any atom is 0.259 e. The quantitative estimate of drug-likeness (QED) is 0.345. The summed E-state index contributed by atoms with van der Waals surface area (Å²) in [5.74, 6) is 0.316. The summed E-state index contributed by atoms with van der Waals surface area (Å²) < 4.78 is 0. The second-order valence-electron chi connectivity index (χ2n) is 10.2. The van der Waals surface area contributed by atoms with Gasteiger partial charge in [0.1, 0.15) is 5.82 Å². The number of aryl methyl sites for hydroxylation is 1. The Morgan fingerprint density at radius 2 is 1.75 bits per heavy atom. The molecular weight excluding hydrogens is 524 g/mol. The number of rotatable bonds is 5. The van der Waals surface area contributed by atoms with Crippen LogP contribution in [0, 0.1) is 0 Å². The first-order valence-corrected chi connectivity index (χ1v) is 13.7. The van der Waals surface area contributed by atoms with Crippen molar-refractivity contribution in [1.82, 2.24) is 14.9 Å². The fraction of sp³-hybridized carbons (Fsp3) is 0.219. The SMILES string of the molecule is O=C1Cc2cc(Cl)ccc2C(=O)N(Cc2ccc(C(=O)N3CCCc4cccnc43)cc2)[C@@H]1Cc1ccccn1. The highest BCUT2D eigenvalue weighted by atomic mass is 35.5. The fourth-order valence-corrected chi connectivity index (χ4v) is 5.72. The van der Waals surface area contributed by atoms with Crippen LogP contribution in [0.3, 0.4) is 0 Å². The molecule has 2 aromatic heterocycles. The number of carbonyl (C=O) groups excluding carboxylic acids is 3. The van der Waals surface area contributed by atoms with E-state index in [1.54, 1.807) is 52.5 Å². The zero-order valence-corrected chi connectivity index (χ0v) is 22.6. The van der Waals surface area contributed by atoms with Gasteiger partial charge in [-0.3, -0.25) is 24.3 Å². The van der Waals surface area contributed by atoms with E-state index in [2.05, 4.69) is 9.97 Å². The number of Topliss-reactive ketones (excluding diaryl/α,β-unsaturated/α-hetero) is 1. The monoisotopic (exact) mass is 550 g/mol. The van der Waals surface area contributed by atoms with Gasteiger partial charge in [0.25, 0.3) is 11.8 Å². The molecule has 0 N–H and O–H groups in total. The average molecular weight is 551 g/mol. The lowest BCUT2D eigenvalue weighted by Gasteiger charge is -2.30. The molecule has 7 nitrogen and oxygen atoms in total. The van der Waals surface area contributed by atoms with Gasteiger partial charge in [-0.25, -0.2) is 4.98 Å². The molecule has 6 rings (SSSR count). The van der Waals surface area contributed by atoms with E-state index in [4.69, 9.17) is 11.6 Å². The van der Waals surface area contributed by atoms with Crippen LogP contribution in [0.15, 0.2) is 85.2 Å². The topological polar surface area (TPSA) is 83.5 Å². The number of hydrogen-bond acceptors (Lipinski definition) is 5. The summed E-state index contributed by atoms with van der Waals surface area (Å²) in [5.41, 5.74) is 4.28. The summed E-state index contributed by atoms with van der Waals surface area (Å²) in [4.78, 5) is 53.0. The number of halogens is 1. The third-order valence-electron chi connectivity index (χ3n) is 7.55. The first-order chi connectivity index (χ1) is 19.5. The normalized spacial score (nSPS) is 16.8. The maximum absolute atomic E-state index is 13.8. The Hall–Kier alpha value is -4.36. The Bertz CT molecular complexity index is 1590. The van der Waals surface area contributed by atoms with Crippen LogP contribution < -0.4 is 4.90 Å². The van der Waals surface area contributed by atoms with Crippen molar-refractivity contribution < 1.29 is 14.4 Å². The third-order valence-corrected chi connectivity index (χ3v) is 7.78. The average Bonchev–Trinajstić information content (AvgIpc) is 3.07. The molecule has 0 fully saturated rings. The Balaban J connectivity index is 1.28. The van der Waals surface area contributed by atoms with E-state index >= 15 is 0 Å². The van der Waals surface area contributed by atoms with E-state index in [1.807, 2.05) is 42.5 Å². The van der Waals surface area contributed by atoms with Crippen LogP contribution in [0.2, 0.25) is 5.02 Å². The number of carbonyl (C=O) groups is 3. The molecule has 2 aliphatic heterocycles. The van der Waals surface area contributed by atoms with E-state index in [9.17, 15) is 14.4 Å². The molecule has 2 aromatic carbocycles. The second kappa shape index (κ2) is 11.0. The molecule has 2 aliphatic rings. The minimum Gasteiger partial charge on any atom is -0.324 e. The Labute approximate surface area is 237 Å². The van der Waals surface area contributed by atoms with Crippen LogP contribution in [0.1, 0.15) is 49.5 Å². The van der Waals surface area contributed by atoms with Crippen molar-refractivity contribution in [2.75, 3.05) is 11.4 Å². The van der Waals surface area contributed by atoms with Gasteiger partial charge in [-0.1, -0.05) is 35.9 Å². The number of hydrogen-bond donors (Lipinski definition) is 0. The predicted molar refractivity (Wildman–Crippen MR) is 152 cm³/mol. The summed E-state index contributed by atoms with van der Waals surface area (Å²) in [7, 11) is 0. The second-order valence-corrected chi connectivity index (χ2v) is 10.6. The highest BCUT2D eigenvalue weighted by Crippen LogP contribution is 2.28. The van der Waals surface area contributed by atoms with Crippen molar-refractivity contribution in [2.45, 2.75) is 38.3 Å². The Morgan fingerprint density at radius 1 is 0.925 bits per heavy atom. The number of ketones is 1. The van der Waals surface area contributed by atoms with Crippen LogP contribution in [0.25, 0.3) is 0 Å². The molecule has 0 saturated carbocycles. The van der Waals surface area contributed by atoms with Gasteiger partial charge in [0.15, 0.2) is 5.78 Å². The van der Waals surface area contributed by atoms with Gasteiger partial charge < -0.3 is 4.90 Å². The van der Waals surface area contributed by atoms with Crippen molar-refractivity contribution in [3.05, 3.63) is 124 Å². The minimum absolute atomic E-state index is 0.0666. The Morgan fingerprint density at radius 3 is 2.55 bits per heavy atom. The molecule has 40 heavy (non-hydrogen) atoms. The number of nitrogens with zero attached hydrogens (tertiary/aromatic N) is 4. The molecule has 200 valence electrons. The van der Waals surface area contributed by atoms with Gasteiger partial charge in [0.05, 0.1) is 6.04 Å². The molecule has 0 spiro atoms. The first-order valence-electron chi connectivity index (χ1n) is 13.3. The lowest BCUT2D eigenvalue weighted by molar-refractivity contribution is -0.122. The van der Waals surface area contributed by atoms with Crippen molar-refractivity contribution in [1.29, 1.82) is 0 Å². The van der Waals surface area contributed by atoms with Gasteiger partial charge in [0.2, 0.25) is 0 Å². The predicted octanol–water partition coefficient (Wildman–Crippen LogP) is 5.10. The first kappa shape index (κ1) is 25.9. The highest BCUT2D eigenvalue weighted by Gasteiger charge is 2.36. The van der Waals surface area contributed by atoms with Crippen molar-refractivity contribution in [3.8, 4) is 0 Å². The van der Waals surface area contributed by atoms with Gasteiger partial charge >= 0.3 is 0 Å². The van der Waals surface area contributed by atoms with Crippen LogP contribution in [0.4, 0.5) is 5.82 Å². The number of aromatic nitrogens is 2. The van der Waals surface area contributed by atoms with Crippen molar-refractivity contribution in [3.63, 3.8) is 0 Å². The zero-order valence-electron chi connectivity index (χ0n) is 21.8. The molecule has 0 unspecified atom stereocenters. The summed E-state index contributed by atoms with van der Waals surface area (Å²) in [5, 5.41) is 0.487. The lowest BCUT2D eigenvalue weighted by Crippen LogP contribution is -2.45. The molecule has 0 saturated heterocycles. The summed E-state index contributed by atoms with van der Waals surface area (Å²) in [6, 6.07) is 21.1. The third kappa shape index (κ3) is 5.12. The number of anilines is 1. The largest absolute Gasteiger partial charge is 0.324 e. The molecule has 2 amide bonds. The molecule has 8 heteroatoms. The van der Waals surface area contributed by atoms with E-state index < -0.39 is 6.04 Å². The number of fused-ring (bicyclic) bond motifs is 2. The smallest absolute Gasteiger partial charge is 0.259 e. The molecule has 0 bridgehead atoms. The van der Waals surface area contributed by atoms with Crippen LogP contribution in [0.5, 0.6) is 0 Å². The van der Waals surface area contributed by atoms with Gasteiger partial charge in [-0.05, 0) is 78.1 Å². The Kier molecular flexibility index (Phi) is 7.13. The number of benzene rings is 2. The van der Waals surface area contributed by atoms with Gasteiger partial charge in [-0.15, -0.1) is 0 Å². The van der Waals surface area contributed by atoms with E-state index in [-0.39, 0.29) is 30.6 Å². The summed E-state index contributed by atoms with van der Waals surface area (Å²) in [6.45, 7) is 0.834. The highest BCUT2D eigenvalue weighted by molar-refractivity contribution is 6.30. The molecule has 0 aliphatic carbocycles. The summed E-state index contributed by atoms with van der Waals surface area (Å²) in [6.07, 6.45) is 5.62. The fourth-order valence-electron chi connectivity index (χ4n) is 5.52. The molecule has 1 atom stereocenters. The molecule has 4 aromatic rings. The standard InChI is InChI=1S/C32H27ClN4O3/c33-25-12-13-27-24(17-25)18-29(38)28(19-26-7-1-2-14-34-26)37(32(27)40)20-21-8-10-23(11-9-21)31(39)36-16-4-6-22-5-3-15-35-30(22)36/h1-3,5,7-15,17,28H,4,6,16,18-20H2/t28-/m1/s1. The molecule has 0 radical (unpaired) electrons. The maximum atomic E-state index is 13.8. The van der Waals surface area contributed by atoms with Crippen LogP contribution in [-0.2, 0) is 30.6 Å². The van der Waals surface area contributed by atoms with E-state index in [0.29, 0.717) is 40.5 Å². The number of amides is 2. The van der Waals surface area contributed by atoms with Crippen molar-refractivity contribution in [2.24, 2.45) is 0 Å². The molecule has 4 heterocycles. The summed E-state index contributed by atoms with van der Waals surface area (Å²) >= 11 is 6.20. The van der Waals surface area contributed by atoms with Crippen LogP contribution in [-0.4, -0.2) is 45.1 Å². The zero-order chi connectivity index (χ0) is 27.6. The minimum atomic E-state index is -0.689. The molecular formula is C32H27ClN4O3. The van der Waals surface area contributed by atoms with E-state index in [0.717, 1.165) is 29.7 Å².